The minimum Gasteiger partial charge on any atom is -0.491 e. The normalized spacial score (nSPS) is 16.6. The van der Waals surface area contributed by atoms with E-state index in [1.165, 1.54) is 0 Å². The molecular formula is C20H21BrN2O3. The number of carbonyl (C=O) groups excluding carboxylic acids is 2. The van der Waals surface area contributed by atoms with Crippen LogP contribution in [0.5, 0.6) is 5.75 Å². The van der Waals surface area contributed by atoms with Crippen LogP contribution in [-0.4, -0.2) is 31.5 Å². The lowest BCUT2D eigenvalue weighted by molar-refractivity contribution is -0.126. The predicted octanol–water partition coefficient (Wildman–Crippen LogP) is 3.31. The first kappa shape index (κ1) is 18.5. The highest BCUT2D eigenvalue weighted by Gasteiger charge is 2.34. The molecule has 1 N–H and O–H groups in total. The van der Waals surface area contributed by atoms with Gasteiger partial charge in [0.1, 0.15) is 12.4 Å². The molecule has 0 aliphatic carbocycles. The number of aryl methyl sites for hydroxylation is 1. The topological polar surface area (TPSA) is 58.6 Å². The molecule has 1 atom stereocenters. The summed E-state index contributed by atoms with van der Waals surface area (Å²) in [7, 11) is 0. The van der Waals surface area contributed by atoms with E-state index in [9.17, 15) is 9.59 Å². The number of ether oxygens (including phenoxy) is 1. The van der Waals surface area contributed by atoms with Crippen LogP contribution in [0.3, 0.4) is 0 Å². The van der Waals surface area contributed by atoms with Crippen molar-refractivity contribution in [3.63, 3.8) is 0 Å². The van der Waals surface area contributed by atoms with Crippen molar-refractivity contribution in [3.05, 3.63) is 58.6 Å². The molecule has 0 saturated carbocycles. The Morgan fingerprint density at radius 1 is 1.23 bits per heavy atom. The van der Waals surface area contributed by atoms with Crippen LogP contribution < -0.4 is 15.0 Å². The van der Waals surface area contributed by atoms with Gasteiger partial charge in [0.25, 0.3) is 0 Å². The molecule has 0 spiro atoms. The van der Waals surface area contributed by atoms with Crippen molar-refractivity contribution in [3.8, 4) is 5.75 Å². The SMILES string of the molecule is Cc1ccccc1OCCNC(=O)[C@@H]1CC(=O)N(c2ccc(Br)cc2)C1. The largest absolute Gasteiger partial charge is 0.491 e. The van der Waals surface area contributed by atoms with Gasteiger partial charge in [0.05, 0.1) is 12.5 Å². The molecule has 6 heteroatoms. The van der Waals surface area contributed by atoms with Gasteiger partial charge in [-0.3, -0.25) is 9.59 Å². The van der Waals surface area contributed by atoms with Crippen molar-refractivity contribution in [1.29, 1.82) is 0 Å². The first-order valence-corrected chi connectivity index (χ1v) is 9.36. The summed E-state index contributed by atoms with van der Waals surface area (Å²) in [6.45, 7) is 3.20. The minimum absolute atomic E-state index is 0.0244. The van der Waals surface area contributed by atoms with Gasteiger partial charge in [0.2, 0.25) is 11.8 Å². The number of benzene rings is 2. The van der Waals surface area contributed by atoms with Gasteiger partial charge in [-0.15, -0.1) is 0 Å². The third kappa shape index (κ3) is 4.43. The molecule has 26 heavy (non-hydrogen) atoms. The molecular weight excluding hydrogens is 396 g/mol. The smallest absolute Gasteiger partial charge is 0.227 e. The van der Waals surface area contributed by atoms with Crippen molar-refractivity contribution in [2.24, 2.45) is 5.92 Å². The molecule has 0 aromatic heterocycles. The summed E-state index contributed by atoms with van der Waals surface area (Å²) < 4.78 is 6.63. The Hall–Kier alpha value is -2.34. The summed E-state index contributed by atoms with van der Waals surface area (Å²) in [4.78, 5) is 26.3. The summed E-state index contributed by atoms with van der Waals surface area (Å²) in [6.07, 6.45) is 0.237. The zero-order valence-corrected chi connectivity index (χ0v) is 16.2. The molecule has 1 aliphatic heterocycles. The lowest BCUT2D eigenvalue weighted by atomic mass is 10.1. The number of nitrogens with zero attached hydrogens (tertiary/aromatic N) is 1. The van der Waals surface area contributed by atoms with Crippen LogP contribution >= 0.6 is 15.9 Å². The van der Waals surface area contributed by atoms with Crippen LogP contribution in [0.25, 0.3) is 0 Å². The fourth-order valence-electron chi connectivity index (χ4n) is 2.95. The Morgan fingerprint density at radius 2 is 1.96 bits per heavy atom. The molecule has 1 fully saturated rings. The highest BCUT2D eigenvalue weighted by atomic mass is 79.9. The molecule has 0 bridgehead atoms. The number of anilines is 1. The number of carbonyl (C=O) groups is 2. The van der Waals surface area contributed by atoms with Crippen LogP contribution in [0.2, 0.25) is 0 Å². The monoisotopic (exact) mass is 416 g/mol. The van der Waals surface area contributed by atoms with E-state index in [0.717, 1.165) is 21.5 Å². The molecule has 1 heterocycles. The van der Waals surface area contributed by atoms with E-state index in [2.05, 4.69) is 21.2 Å². The summed E-state index contributed by atoms with van der Waals surface area (Å²) in [5.74, 6) is 0.360. The van der Waals surface area contributed by atoms with Gasteiger partial charge in [0, 0.05) is 23.1 Å². The molecule has 2 aromatic carbocycles. The third-order valence-electron chi connectivity index (χ3n) is 4.39. The predicted molar refractivity (Wildman–Crippen MR) is 104 cm³/mol. The van der Waals surface area contributed by atoms with Gasteiger partial charge in [-0.05, 0) is 42.8 Å². The molecule has 0 radical (unpaired) electrons. The van der Waals surface area contributed by atoms with E-state index >= 15 is 0 Å². The van der Waals surface area contributed by atoms with Crippen molar-refractivity contribution in [2.45, 2.75) is 13.3 Å². The molecule has 0 unspecified atom stereocenters. The van der Waals surface area contributed by atoms with E-state index < -0.39 is 0 Å². The minimum atomic E-state index is -0.329. The Kier molecular flexibility index (Phi) is 5.93. The maximum atomic E-state index is 12.3. The lowest BCUT2D eigenvalue weighted by Crippen LogP contribution is -2.35. The third-order valence-corrected chi connectivity index (χ3v) is 4.92. The molecule has 2 amide bonds. The summed E-state index contributed by atoms with van der Waals surface area (Å²) in [6, 6.07) is 15.3. The van der Waals surface area contributed by atoms with Crippen LogP contribution in [0.1, 0.15) is 12.0 Å². The van der Waals surface area contributed by atoms with E-state index in [4.69, 9.17) is 4.74 Å². The number of amides is 2. The first-order chi connectivity index (χ1) is 12.5. The lowest BCUT2D eigenvalue weighted by Gasteiger charge is -2.17. The maximum Gasteiger partial charge on any atom is 0.227 e. The van der Waals surface area contributed by atoms with E-state index in [1.54, 1.807) is 4.90 Å². The second-order valence-corrected chi connectivity index (χ2v) is 7.20. The summed E-state index contributed by atoms with van der Waals surface area (Å²) in [5, 5.41) is 2.87. The standard InChI is InChI=1S/C20H21BrN2O3/c1-14-4-2-3-5-18(14)26-11-10-22-20(25)15-12-19(24)23(13-15)17-8-6-16(21)7-9-17/h2-9,15H,10-13H2,1H3,(H,22,25)/t15-/m1/s1. The maximum absolute atomic E-state index is 12.3. The van der Waals surface area contributed by atoms with Gasteiger partial charge in [-0.25, -0.2) is 0 Å². The number of hydrogen-bond acceptors (Lipinski definition) is 3. The van der Waals surface area contributed by atoms with Gasteiger partial charge in [-0.2, -0.15) is 0 Å². The van der Waals surface area contributed by atoms with E-state index in [0.29, 0.717) is 19.7 Å². The van der Waals surface area contributed by atoms with Crippen molar-refractivity contribution in [2.75, 3.05) is 24.6 Å². The highest BCUT2D eigenvalue weighted by molar-refractivity contribution is 9.10. The molecule has 2 aromatic rings. The fourth-order valence-corrected chi connectivity index (χ4v) is 3.22. The van der Waals surface area contributed by atoms with E-state index in [1.807, 2.05) is 55.5 Å². The van der Waals surface area contributed by atoms with Gasteiger partial charge in [-0.1, -0.05) is 34.1 Å². The Bertz CT molecular complexity index is 792. The highest BCUT2D eigenvalue weighted by Crippen LogP contribution is 2.26. The summed E-state index contributed by atoms with van der Waals surface area (Å²) >= 11 is 3.38. The fraction of sp³-hybridized carbons (Fsp3) is 0.300. The van der Waals surface area contributed by atoms with Crippen LogP contribution in [0.4, 0.5) is 5.69 Å². The summed E-state index contributed by atoms with van der Waals surface area (Å²) in [5.41, 5.74) is 1.88. The number of para-hydroxylation sites is 1. The van der Waals surface area contributed by atoms with Crippen molar-refractivity contribution in [1.82, 2.24) is 5.32 Å². The number of rotatable bonds is 6. The molecule has 136 valence electrons. The average molecular weight is 417 g/mol. The molecule has 3 rings (SSSR count). The Balaban J connectivity index is 1.47. The van der Waals surface area contributed by atoms with Gasteiger partial charge in [0.15, 0.2) is 0 Å². The first-order valence-electron chi connectivity index (χ1n) is 8.56. The Labute approximate surface area is 161 Å². The van der Waals surface area contributed by atoms with Crippen LogP contribution in [-0.2, 0) is 9.59 Å². The van der Waals surface area contributed by atoms with Crippen molar-refractivity contribution < 1.29 is 14.3 Å². The zero-order valence-electron chi connectivity index (χ0n) is 14.6. The zero-order chi connectivity index (χ0) is 18.5. The average Bonchev–Trinajstić information content (AvgIpc) is 3.02. The van der Waals surface area contributed by atoms with Crippen LogP contribution in [0.15, 0.2) is 53.0 Å². The van der Waals surface area contributed by atoms with E-state index in [-0.39, 0.29) is 24.2 Å². The quantitative estimate of drug-likeness (QED) is 0.734. The molecule has 1 saturated heterocycles. The van der Waals surface area contributed by atoms with Gasteiger partial charge < -0.3 is 15.0 Å². The van der Waals surface area contributed by atoms with Crippen LogP contribution in [0, 0.1) is 12.8 Å². The number of hydrogen-bond donors (Lipinski definition) is 1. The second-order valence-electron chi connectivity index (χ2n) is 6.29. The van der Waals surface area contributed by atoms with Crippen molar-refractivity contribution >= 4 is 33.4 Å². The molecule has 1 aliphatic rings. The number of halogens is 1. The Morgan fingerprint density at radius 3 is 2.69 bits per heavy atom. The molecule has 5 nitrogen and oxygen atoms in total. The second kappa shape index (κ2) is 8.36. The number of nitrogens with one attached hydrogen (secondary N) is 1. The van der Waals surface area contributed by atoms with Gasteiger partial charge >= 0.3 is 0 Å².